The maximum Gasteiger partial charge on any atom is 0.289 e. The summed E-state index contributed by atoms with van der Waals surface area (Å²) in [6.07, 6.45) is 0. The molecule has 0 aliphatic carbocycles. The van der Waals surface area contributed by atoms with Crippen molar-refractivity contribution in [3.05, 3.63) is 23.8 Å². The van der Waals surface area contributed by atoms with Crippen molar-refractivity contribution in [2.75, 3.05) is 47.0 Å². The van der Waals surface area contributed by atoms with E-state index in [2.05, 4.69) is 5.32 Å². The molecule has 1 aliphatic heterocycles. The van der Waals surface area contributed by atoms with Crippen LogP contribution >= 0.6 is 12.4 Å². The third-order valence-corrected chi connectivity index (χ3v) is 3.85. The molecule has 1 saturated heterocycles. The fraction of sp³-hybridized carbons (Fsp3) is 0.600. The van der Waals surface area contributed by atoms with Crippen molar-refractivity contribution in [3.8, 4) is 11.5 Å². The van der Waals surface area contributed by atoms with Crippen LogP contribution in [0.2, 0.25) is 0 Å². The number of methoxy groups -OCH3 is 2. The van der Waals surface area contributed by atoms with Gasteiger partial charge in [0, 0.05) is 26.2 Å². The highest BCUT2D eigenvalue weighted by Crippen LogP contribution is 2.39. The van der Waals surface area contributed by atoms with Gasteiger partial charge in [-0.1, -0.05) is 6.07 Å². The predicted molar refractivity (Wildman–Crippen MR) is 86.0 cm³/mol. The molecular formula is C15H23ClF2N2O3. The van der Waals surface area contributed by atoms with E-state index in [9.17, 15) is 8.78 Å². The number of nitrogens with zero attached hydrogens (tertiary/aromatic N) is 1. The van der Waals surface area contributed by atoms with Gasteiger partial charge in [0.2, 0.25) is 0 Å². The zero-order valence-electron chi connectivity index (χ0n) is 13.2. The highest BCUT2D eigenvalue weighted by molar-refractivity contribution is 5.85. The molecule has 0 bridgehead atoms. The van der Waals surface area contributed by atoms with Crippen molar-refractivity contribution >= 4 is 12.4 Å². The summed E-state index contributed by atoms with van der Waals surface area (Å²) in [5.41, 5.74) is 0.401. The zero-order chi connectivity index (χ0) is 16.2. The van der Waals surface area contributed by atoms with E-state index < -0.39 is 18.6 Å². The Hall–Kier alpha value is -1.15. The van der Waals surface area contributed by atoms with Crippen LogP contribution in [0.3, 0.4) is 0 Å². The molecule has 2 rings (SSSR count). The smallest absolute Gasteiger partial charge is 0.289 e. The van der Waals surface area contributed by atoms with Crippen LogP contribution in [-0.2, 0) is 0 Å². The van der Waals surface area contributed by atoms with E-state index in [0.717, 1.165) is 0 Å². The molecule has 23 heavy (non-hydrogen) atoms. The first-order chi connectivity index (χ1) is 10.5. The summed E-state index contributed by atoms with van der Waals surface area (Å²) in [7, 11) is 2.96. The number of hydrogen-bond donors (Lipinski definition) is 2. The lowest BCUT2D eigenvalue weighted by molar-refractivity contribution is -0.118. The molecule has 1 aromatic rings. The number of halogens is 3. The molecule has 0 unspecified atom stereocenters. The number of ether oxygens (including phenoxy) is 2. The van der Waals surface area contributed by atoms with Crippen LogP contribution in [0.15, 0.2) is 18.2 Å². The third kappa shape index (κ3) is 4.44. The molecule has 0 aromatic heterocycles. The minimum Gasteiger partial charge on any atom is -0.493 e. The fourth-order valence-electron chi connectivity index (χ4n) is 2.77. The van der Waals surface area contributed by atoms with Crippen molar-refractivity contribution < 1.29 is 23.4 Å². The second kappa shape index (κ2) is 8.63. The lowest BCUT2D eigenvalue weighted by atomic mass is 9.97. The Morgan fingerprint density at radius 2 is 1.83 bits per heavy atom. The Kier molecular flexibility index (Phi) is 7.47. The van der Waals surface area contributed by atoms with Gasteiger partial charge in [0.25, 0.3) is 5.92 Å². The molecule has 0 amide bonds. The van der Waals surface area contributed by atoms with E-state index in [1.54, 1.807) is 23.1 Å². The molecule has 1 heterocycles. The molecule has 0 radical (unpaired) electrons. The van der Waals surface area contributed by atoms with Gasteiger partial charge in [-0.25, -0.2) is 8.78 Å². The van der Waals surface area contributed by atoms with Crippen LogP contribution in [0.1, 0.15) is 11.6 Å². The Labute approximate surface area is 141 Å². The van der Waals surface area contributed by atoms with Crippen molar-refractivity contribution in [2.45, 2.75) is 12.0 Å². The van der Waals surface area contributed by atoms with Gasteiger partial charge >= 0.3 is 0 Å². The van der Waals surface area contributed by atoms with E-state index in [1.807, 2.05) is 0 Å². The molecule has 2 N–H and O–H groups in total. The van der Waals surface area contributed by atoms with Gasteiger partial charge in [-0.2, -0.15) is 0 Å². The molecule has 1 atom stereocenters. The van der Waals surface area contributed by atoms with Crippen LogP contribution in [-0.4, -0.2) is 62.9 Å². The van der Waals surface area contributed by atoms with Gasteiger partial charge in [0.1, 0.15) is 12.6 Å². The molecule has 132 valence electrons. The Balaban J connectivity index is 0.00000264. The molecule has 5 nitrogen and oxygen atoms in total. The van der Waals surface area contributed by atoms with Crippen LogP contribution in [0.25, 0.3) is 0 Å². The number of hydrogen-bond acceptors (Lipinski definition) is 5. The van der Waals surface area contributed by atoms with E-state index in [0.29, 0.717) is 43.2 Å². The van der Waals surface area contributed by atoms with Crippen molar-refractivity contribution in [2.24, 2.45) is 0 Å². The van der Waals surface area contributed by atoms with Gasteiger partial charge in [-0.15, -0.1) is 12.4 Å². The highest BCUT2D eigenvalue weighted by atomic mass is 35.5. The van der Waals surface area contributed by atoms with Crippen molar-refractivity contribution in [1.82, 2.24) is 10.2 Å². The first-order valence-corrected chi connectivity index (χ1v) is 7.19. The van der Waals surface area contributed by atoms with Crippen LogP contribution in [0.4, 0.5) is 8.78 Å². The van der Waals surface area contributed by atoms with Gasteiger partial charge in [-0.3, -0.25) is 4.90 Å². The van der Waals surface area contributed by atoms with Crippen LogP contribution < -0.4 is 14.8 Å². The summed E-state index contributed by atoms with van der Waals surface area (Å²) in [5.74, 6) is -2.36. The molecule has 0 saturated carbocycles. The SMILES string of the molecule is COc1ccc([C@H](N2CCNCC2)C(F)(F)CO)cc1OC.Cl. The van der Waals surface area contributed by atoms with E-state index in [4.69, 9.17) is 14.6 Å². The number of aliphatic hydroxyl groups excluding tert-OH is 1. The second-order valence-corrected chi connectivity index (χ2v) is 5.22. The molecular weight excluding hydrogens is 330 g/mol. The summed E-state index contributed by atoms with van der Waals surface area (Å²) in [6.45, 7) is 1.08. The first kappa shape index (κ1) is 19.9. The van der Waals surface area contributed by atoms with E-state index in [1.165, 1.54) is 14.2 Å². The van der Waals surface area contributed by atoms with Crippen molar-refractivity contribution in [1.29, 1.82) is 0 Å². The standard InChI is InChI=1S/C15H22F2N2O3.ClH/c1-21-12-4-3-11(9-13(12)22-2)14(15(16,17)10-20)19-7-5-18-6-8-19;/h3-4,9,14,18,20H,5-8,10H2,1-2H3;1H/t14-;/m0./s1. The minimum absolute atomic E-state index is 0. The lowest BCUT2D eigenvalue weighted by Crippen LogP contribution is -2.51. The molecule has 8 heteroatoms. The molecule has 0 spiro atoms. The Morgan fingerprint density at radius 3 is 2.35 bits per heavy atom. The van der Waals surface area contributed by atoms with Gasteiger partial charge < -0.3 is 19.9 Å². The minimum atomic E-state index is -3.24. The Morgan fingerprint density at radius 1 is 1.22 bits per heavy atom. The number of aliphatic hydroxyl groups is 1. The first-order valence-electron chi connectivity index (χ1n) is 7.19. The molecule has 1 aromatic carbocycles. The largest absolute Gasteiger partial charge is 0.493 e. The highest BCUT2D eigenvalue weighted by Gasteiger charge is 2.44. The topological polar surface area (TPSA) is 54.0 Å². The average Bonchev–Trinajstić information content (AvgIpc) is 2.55. The normalized spacial score (nSPS) is 17.3. The summed E-state index contributed by atoms with van der Waals surface area (Å²) in [6, 6.07) is 3.56. The molecule has 1 fully saturated rings. The predicted octanol–water partition coefficient (Wildman–Crippen LogP) is 1.70. The summed E-state index contributed by atoms with van der Waals surface area (Å²) in [5, 5.41) is 12.3. The molecule has 1 aliphatic rings. The number of benzene rings is 1. The monoisotopic (exact) mass is 352 g/mol. The average molecular weight is 353 g/mol. The van der Waals surface area contributed by atoms with Crippen molar-refractivity contribution in [3.63, 3.8) is 0 Å². The van der Waals surface area contributed by atoms with Gasteiger partial charge in [0.15, 0.2) is 11.5 Å². The van der Waals surface area contributed by atoms with Crippen LogP contribution in [0.5, 0.6) is 11.5 Å². The van der Waals surface area contributed by atoms with Gasteiger partial charge in [-0.05, 0) is 17.7 Å². The number of nitrogens with one attached hydrogen (secondary N) is 1. The zero-order valence-corrected chi connectivity index (χ0v) is 14.0. The maximum atomic E-state index is 14.3. The fourth-order valence-corrected chi connectivity index (χ4v) is 2.77. The number of rotatable bonds is 6. The second-order valence-electron chi connectivity index (χ2n) is 5.22. The Bertz CT molecular complexity index is 500. The number of alkyl halides is 2. The van der Waals surface area contributed by atoms with Crippen LogP contribution in [0, 0.1) is 0 Å². The third-order valence-electron chi connectivity index (χ3n) is 3.85. The summed E-state index contributed by atoms with van der Waals surface area (Å²) < 4.78 is 39.0. The quantitative estimate of drug-likeness (QED) is 0.816. The summed E-state index contributed by atoms with van der Waals surface area (Å²) in [4.78, 5) is 1.69. The lowest BCUT2D eigenvalue weighted by Gasteiger charge is -2.38. The van der Waals surface area contributed by atoms with E-state index >= 15 is 0 Å². The van der Waals surface area contributed by atoms with Gasteiger partial charge in [0.05, 0.1) is 14.2 Å². The summed E-state index contributed by atoms with van der Waals surface area (Å²) >= 11 is 0. The number of piperazine rings is 1. The maximum absolute atomic E-state index is 14.3. The van der Waals surface area contributed by atoms with E-state index in [-0.39, 0.29) is 12.4 Å².